The molecule has 3 heterocycles. The highest BCUT2D eigenvalue weighted by Gasteiger charge is 2.42. The zero-order valence-corrected chi connectivity index (χ0v) is 12.9. The van der Waals surface area contributed by atoms with E-state index in [1.807, 2.05) is 29.2 Å². The van der Waals surface area contributed by atoms with E-state index in [2.05, 4.69) is 31.3 Å². The van der Waals surface area contributed by atoms with Crippen LogP contribution in [0.4, 0.5) is 5.69 Å². The first kappa shape index (κ1) is 12.9. The maximum Gasteiger partial charge on any atom is 0.264 e. The van der Waals surface area contributed by atoms with E-state index in [0.717, 1.165) is 35.4 Å². The fraction of sp³-hybridized carbons (Fsp3) is 0.211. The lowest BCUT2D eigenvalue weighted by atomic mass is 9.96. The van der Waals surface area contributed by atoms with Crippen molar-refractivity contribution < 1.29 is 9.69 Å². The molecule has 1 amide bonds. The summed E-state index contributed by atoms with van der Waals surface area (Å²) in [5.74, 6) is 0.133. The van der Waals surface area contributed by atoms with Crippen molar-refractivity contribution in [1.29, 1.82) is 0 Å². The smallest absolute Gasteiger partial charge is 0.264 e. The molecular weight excluding hydrogens is 286 g/mol. The quantitative estimate of drug-likeness (QED) is 0.686. The van der Waals surface area contributed by atoms with Crippen molar-refractivity contribution >= 4 is 22.5 Å². The summed E-state index contributed by atoms with van der Waals surface area (Å²) in [6.45, 7) is 0.762. The van der Waals surface area contributed by atoms with Crippen LogP contribution in [0.2, 0.25) is 0 Å². The van der Waals surface area contributed by atoms with E-state index >= 15 is 0 Å². The number of carbonyl (C=O) groups excluding carboxylic acids is 1. The van der Waals surface area contributed by atoms with Crippen LogP contribution in [0.25, 0.3) is 10.9 Å². The topological polar surface area (TPSA) is 38.9 Å². The Morgan fingerprint density at radius 2 is 1.91 bits per heavy atom. The standard InChI is InChI=1S/C19H16N3O/c1-21-16-9-5-3-7-14(16)19(23)22-11-10-13-12-6-2-4-8-15(12)20-17(13)18(21)22/h2-9,18H,10-11H2,1H3/q-1/p+1. The number of hydrogen-bond donors (Lipinski definition) is 1. The van der Waals surface area contributed by atoms with Gasteiger partial charge in [0.15, 0.2) is 6.17 Å². The Morgan fingerprint density at radius 1 is 1.13 bits per heavy atom. The number of fused-ring (bicyclic) bond motifs is 6. The molecule has 0 spiro atoms. The fourth-order valence-corrected chi connectivity index (χ4v) is 4.13. The molecule has 23 heavy (non-hydrogen) atoms. The molecule has 1 aromatic heterocycles. The van der Waals surface area contributed by atoms with Crippen molar-refractivity contribution in [2.45, 2.75) is 12.6 Å². The highest BCUT2D eigenvalue weighted by molar-refractivity contribution is 5.99. The first-order valence-electron chi connectivity index (χ1n) is 8.03. The molecule has 3 aromatic rings. The van der Waals surface area contributed by atoms with Crippen LogP contribution in [0.5, 0.6) is 0 Å². The summed E-state index contributed by atoms with van der Waals surface area (Å²) >= 11 is 0. The largest absolute Gasteiger partial charge is 0.654 e. The molecule has 4 nitrogen and oxygen atoms in total. The summed E-state index contributed by atoms with van der Waals surface area (Å²) < 4.78 is 0. The van der Waals surface area contributed by atoms with Crippen LogP contribution < -0.4 is 9.88 Å². The molecule has 0 saturated carbocycles. The Balaban J connectivity index is 1.75. The van der Waals surface area contributed by atoms with Gasteiger partial charge in [0.05, 0.1) is 7.05 Å². The highest BCUT2D eigenvalue weighted by atomic mass is 16.2. The highest BCUT2D eigenvalue weighted by Crippen LogP contribution is 2.35. The van der Waals surface area contributed by atoms with Crippen molar-refractivity contribution in [1.82, 2.24) is 9.88 Å². The van der Waals surface area contributed by atoms with E-state index in [0.29, 0.717) is 0 Å². The Bertz CT molecular complexity index is 943. The second-order valence-electron chi connectivity index (χ2n) is 6.37. The number of carbonyl (C=O) groups is 1. The van der Waals surface area contributed by atoms with Gasteiger partial charge < -0.3 is 4.98 Å². The minimum Gasteiger partial charge on any atom is -0.654 e. The molecule has 0 saturated heterocycles. The number of benzene rings is 2. The van der Waals surface area contributed by atoms with Crippen LogP contribution >= 0.6 is 0 Å². The Labute approximate surface area is 134 Å². The second kappa shape index (κ2) is 4.46. The average Bonchev–Trinajstić information content (AvgIpc) is 2.98. The number of para-hydroxylation sites is 2. The van der Waals surface area contributed by atoms with Crippen molar-refractivity contribution in [3.8, 4) is 0 Å². The first-order chi connectivity index (χ1) is 11.3. The molecule has 0 radical (unpaired) electrons. The van der Waals surface area contributed by atoms with Crippen LogP contribution in [0.15, 0.2) is 48.5 Å². The van der Waals surface area contributed by atoms with Gasteiger partial charge in [-0.05, 0) is 23.9 Å². The minimum atomic E-state index is -0.0199. The molecule has 4 heteroatoms. The second-order valence-corrected chi connectivity index (χ2v) is 6.37. The third-order valence-electron chi connectivity index (χ3n) is 5.21. The molecule has 1 N–H and O–H groups in total. The van der Waals surface area contributed by atoms with Gasteiger partial charge in [0.1, 0.15) is 11.3 Å². The van der Waals surface area contributed by atoms with Crippen molar-refractivity contribution in [3.05, 3.63) is 65.4 Å². The van der Waals surface area contributed by atoms with Crippen molar-refractivity contribution in [2.24, 2.45) is 0 Å². The van der Waals surface area contributed by atoms with Crippen LogP contribution in [-0.4, -0.2) is 24.4 Å². The molecule has 0 aliphatic carbocycles. The number of aromatic nitrogens is 1. The van der Waals surface area contributed by atoms with Gasteiger partial charge >= 0.3 is 0 Å². The van der Waals surface area contributed by atoms with Crippen LogP contribution in [-0.2, 0) is 6.42 Å². The molecule has 2 aromatic carbocycles. The lowest BCUT2D eigenvalue weighted by molar-refractivity contribution is -0.862. The molecule has 0 bridgehead atoms. The Morgan fingerprint density at radius 3 is 2.83 bits per heavy atom. The van der Waals surface area contributed by atoms with Gasteiger partial charge in [0.25, 0.3) is 5.91 Å². The van der Waals surface area contributed by atoms with Crippen LogP contribution in [0.1, 0.15) is 27.8 Å². The first-order valence-corrected chi connectivity index (χ1v) is 8.03. The lowest BCUT2D eigenvalue weighted by Crippen LogP contribution is -3.08. The monoisotopic (exact) mass is 303 g/mol. The van der Waals surface area contributed by atoms with E-state index in [-0.39, 0.29) is 12.1 Å². The maximum absolute atomic E-state index is 12.9. The summed E-state index contributed by atoms with van der Waals surface area (Å²) in [5.41, 5.74) is 5.31. The van der Waals surface area contributed by atoms with Gasteiger partial charge in [-0.2, -0.15) is 0 Å². The lowest BCUT2D eigenvalue weighted by Gasteiger charge is -2.44. The van der Waals surface area contributed by atoms with Gasteiger partial charge in [-0.3, -0.25) is 14.6 Å². The third-order valence-corrected chi connectivity index (χ3v) is 5.21. The number of hydrogen-bond acceptors (Lipinski definition) is 1. The van der Waals surface area contributed by atoms with Gasteiger partial charge in [0.2, 0.25) is 0 Å². The third kappa shape index (κ3) is 1.61. The summed E-state index contributed by atoms with van der Waals surface area (Å²) in [5, 5.41) is 1.24. The predicted molar refractivity (Wildman–Crippen MR) is 87.7 cm³/mol. The molecule has 5 rings (SSSR count). The molecule has 2 unspecified atom stereocenters. The fourth-order valence-electron chi connectivity index (χ4n) is 4.13. The molecule has 2 aliphatic rings. The van der Waals surface area contributed by atoms with Gasteiger partial charge in [0, 0.05) is 6.54 Å². The van der Waals surface area contributed by atoms with E-state index in [4.69, 9.17) is 4.98 Å². The number of rotatable bonds is 0. The van der Waals surface area contributed by atoms with Gasteiger partial charge in [-0.15, -0.1) is 5.52 Å². The van der Waals surface area contributed by atoms with E-state index in [1.54, 1.807) is 0 Å². The van der Waals surface area contributed by atoms with Gasteiger partial charge in [-0.25, -0.2) is 0 Å². The molecule has 0 fully saturated rings. The van der Waals surface area contributed by atoms with Crippen LogP contribution in [0.3, 0.4) is 0 Å². The van der Waals surface area contributed by atoms with E-state index < -0.39 is 0 Å². The number of nitrogens with zero attached hydrogens (tertiary/aromatic N) is 2. The summed E-state index contributed by atoms with van der Waals surface area (Å²) in [6.07, 6.45) is 0.863. The normalized spacial score (nSPS) is 22.7. The van der Waals surface area contributed by atoms with Gasteiger partial charge in [-0.1, -0.05) is 47.7 Å². The van der Waals surface area contributed by atoms with Crippen molar-refractivity contribution in [3.63, 3.8) is 0 Å². The summed E-state index contributed by atoms with van der Waals surface area (Å²) in [4.78, 5) is 21.0. The number of quaternary nitrogens is 1. The minimum absolute atomic E-state index is 0.0199. The zero-order chi connectivity index (χ0) is 15.6. The molecular formula is C19H17N3O. The van der Waals surface area contributed by atoms with E-state index in [1.165, 1.54) is 15.8 Å². The number of nitrogens with one attached hydrogen (secondary N) is 1. The average molecular weight is 303 g/mol. The summed E-state index contributed by atoms with van der Waals surface area (Å²) in [6, 6.07) is 16.2. The predicted octanol–water partition coefficient (Wildman–Crippen LogP) is 1.65. The maximum atomic E-state index is 12.9. The van der Waals surface area contributed by atoms with E-state index in [9.17, 15) is 4.79 Å². The van der Waals surface area contributed by atoms with Crippen molar-refractivity contribution in [2.75, 3.05) is 13.6 Å². The molecule has 2 atom stereocenters. The van der Waals surface area contributed by atoms with Crippen LogP contribution in [0, 0.1) is 0 Å². The molecule has 114 valence electrons. The zero-order valence-electron chi connectivity index (χ0n) is 12.9. The Hall–Kier alpha value is -2.59. The number of amides is 1. The molecule has 2 aliphatic heterocycles. The Kier molecular flexibility index (Phi) is 2.50. The summed E-state index contributed by atoms with van der Waals surface area (Å²) in [7, 11) is 2.14. The SMILES string of the molecule is C[NH+]1c2ccccc2C(=O)N2CCc3c([n-]c4ccccc34)C21.